The van der Waals surface area contributed by atoms with Crippen LogP contribution in [0.25, 0.3) is 5.65 Å². The number of hydrogen-bond donors (Lipinski definition) is 1. The Hall–Kier alpha value is -1.84. The zero-order valence-electron chi connectivity index (χ0n) is 10.7. The van der Waals surface area contributed by atoms with Crippen molar-refractivity contribution in [1.82, 2.24) is 14.7 Å². The predicted octanol–water partition coefficient (Wildman–Crippen LogP) is 2.23. The Labute approximate surface area is 106 Å². The van der Waals surface area contributed by atoms with Crippen molar-refractivity contribution in [2.75, 3.05) is 0 Å². The molecule has 0 radical (unpaired) electrons. The Kier molecular flexibility index (Phi) is 2.58. The summed E-state index contributed by atoms with van der Waals surface area (Å²) in [6, 6.07) is 4.34. The molecule has 2 aromatic heterocycles. The van der Waals surface area contributed by atoms with Crippen molar-refractivity contribution in [3.8, 4) is 0 Å². The molecule has 94 valence electrons. The van der Waals surface area contributed by atoms with E-state index < -0.39 is 0 Å². The van der Waals surface area contributed by atoms with Crippen LogP contribution in [0.4, 0.5) is 0 Å². The topological polar surface area (TPSA) is 46.4 Å². The minimum Gasteiger partial charge on any atom is -0.348 e. The lowest BCUT2D eigenvalue weighted by atomic mass is 9.93. The highest BCUT2D eigenvalue weighted by Gasteiger charge is 2.23. The average molecular weight is 243 g/mol. The molecule has 1 amide bonds. The zero-order valence-corrected chi connectivity index (χ0v) is 10.7. The van der Waals surface area contributed by atoms with E-state index in [-0.39, 0.29) is 5.91 Å². The molecule has 4 heteroatoms. The lowest BCUT2D eigenvalue weighted by Crippen LogP contribution is -2.40. The largest absolute Gasteiger partial charge is 0.348 e. The number of carbonyl (C=O) groups excluding carboxylic acids is 1. The van der Waals surface area contributed by atoms with Gasteiger partial charge < -0.3 is 5.32 Å². The van der Waals surface area contributed by atoms with Crippen molar-refractivity contribution < 1.29 is 4.79 Å². The highest BCUT2D eigenvalue weighted by Crippen LogP contribution is 2.20. The summed E-state index contributed by atoms with van der Waals surface area (Å²) in [5, 5.41) is 3.07. The van der Waals surface area contributed by atoms with Crippen LogP contribution >= 0.6 is 0 Å². The lowest BCUT2D eigenvalue weighted by Gasteiger charge is -2.26. The molecule has 2 aromatic rings. The molecule has 2 heterocycles. The third-order valence-corrected chi connectivity index (χ3v) is 3.61. The number of aryl methyl sites for hydroxylation is 2. The van der Waals surface area contributed by atoms with E-state index in [4.69, 9.17) is 0 Å². The van der Waals surface area contributed by atoms with Crippen LogP contribution in [-0.2, 0) is 0 Å². The van der Waals surface area contributed by atoms with E-state index in [1.165, 1.54) is 6.42 Å². The van der Waals surface area contributed by atoms with Crippen molar-refractivity contribution in [2.45, 2.75) is 39.2 Å². The van der Waals surface area contributed by atoms with Gasteiger partial charge in [0.15, 0.2) is 0 Å². The van der Waals surface area contributed by atoms with Gasteiger partial charge in [-0.25, -0.2) is 4.98 Å². The van der Waals surface area contributed by atoms with Crippen LogP contribution in [0.5, 0.6) is 0 Å². The monoisotopic (exact) mass is 243 g/mol. The number of hydrogen-bond acceptors (Lipinski definition) is 2. The van der Waals surface area contributed by atoms with Gasteiger partial charge in [0.2, 0.25) is 0 Å². The highest BCUT2D eigenvalue weighted by atomic mass is 16.2. The molecule has 1 aliphatic rings. The first kappa shape index (κ1) is 11.3. The highest BCUT2D eigenvalue weighted by molar-refractivity contribution is 5.94. The maximum absolute atomic E-state index is 12.3. The Morgan fingerprint density at radius 3 is 2.89 bits per heavy atom. The summed E-state index contributed by atoms with van der Waals surface area (Å²) in [6.07, 6.45) is 5.33. The van der Waals surface area contributed by atoms with Crippen LogP contribution < -0.4 is 5.32 Å². The summed E-state index contributed by atoms with van der Waals surface area (Å²) in [5.41, 5.74) is 3.44. The summed E-state index contributed by atoms with van der Waals surface area (Å²) in [7, 11) is 0. The molecular weight excluding hydrogens is 226 g/mol. The molecule has 1 fully saturated rings. The van der Waals surface area contributed by atoms with Gasteiger partial charge >= 0.3 is 0 Å². The van der Waals surface area contributed by atoms with Crippen LogP contribution in [0.1, 0.15) is 41.0 Å². The maximum Gasteiger partial charge on any atom is 0.270 e. The number of nitrogens with one attached hydrogen (secondary N) is 1. The third kappa shape index (κ3) is 1.78. The summed E-state index contributed by atoms with van der Waals surface area (Å²) >= 11 is 0. The number of fused-ring (bicyclic) bond motifs is 1. The SMILES string of the molecule is Cc1ccn2c(C(=O)NC3CCC3)c(C)nc2c1. The van der Waals surface area contributed by atoms with E-state index in [0.29, 0.717) is 11.7 Å². The fourth-order valence-corrected chi connectivity index (χ4v) is 2.34. The molecule has 4 nitrogen and oxygen atoms in total. The number of imidazole rings is 1. The van der Waals surface area contributed by atoms with Gasteiger partial charge in [0.1, 0.15) is 11.3 Å². The second-order valence-corrected chi connectivity index (χ2v) is 5.08. The molecule has 0 saturated heterocycles. The summed E-state index contributed by atoms with van der Waals surface area (Å²) < 4.78 is 1.87. The van der Waals surface area contributed by atoms with Gasteiger partial charge in [-0.05, 0) is 50.8 Å². The van der Waals surface area contributed by atoms with E-state index in [0.717, 1.165) is 29.7 Å². The Morgan fingerprint density at radius 1 is 1.44 bits per heavy atom. The molecule has 1 aliphatic carbocycles. The summed E-state index contributed by atoms with van der Waals surface area (Å²) in [6.45, 7) is 3.91. The zero-order chi connectivity index (χ0) is 12.7. The van der Waals surface area contributed by atoms with E-state index in [1.807, 2.05) is 36.6 Å². The van der Waals surface area contributed by atoms with E-state index >= 15 is 0 Å². The number of rotatable bonds is 2. The minimum atomic E-state index is -0.00597. The molecule has 0 bridgehead atoms. The van der Waals surface area contributed by atoms with Gasteiger partial charge in [-0.2, -0.15) is 0 Å². The van der Waals surface area contributed by atoms with Crippen LogP contribution in [0.2, 0.25) is 0 Å². The third-order valence-electron chi connectivity index (χ3n) is 3.61. The van der Waals surface area contributed by atoms with Crippen LogP contribution in [-0.4, -0.2) is 21.3 Å². The van der Waals surface area contributed by atoms with Crippen molar-refractivity contribution in [3.63, 3.8) is 0 Å². The van der Waals surface area contributed by atoms with E-state index in [2.05, 4.69) is 10.3 Å². The van der Waals surface area contributed by atoms with Crippen molar-refractivity contribution >= 4 is 11.6 Å². The first-order valence-electron chi connectivity index (χ1n) is 6.41. The smallest absolute Gasteiger partial charge is 0.270 e. The second-order valence-electron chi connectivity index (χ2n) is 5.08. The van der Waals surface area contributed by atoms with E-state index in [1.54, 1.807) is 0 Å². The Morgan fingerprint density at radius 2 is 2.22 bits per heavy atom. The first-order chi connectivity index (χ1) is 8.65. The van der Waals surface area contributed by atoms with E-state index in [9.17, 15) is 4.79 Å². The van der Waals surface area contributed by atoms with Gasteiger partial charge in [-0.1, -0.05) is 0 Å². The summed E-state index contributed by atoms with van der Waals surface area (Å²) in [5.74, 6) is -0.00597. The number of nitrogens with zero attached hydrogens (tertiary/aromatic N) is 2. The quantitative estimate of drug-likeness (QED) is 0.879. The molecule has 0 unspecified atom stereocenters. The minimum absolute atomic E-state index is 0.00597. The Balaban J connectivity index is 1.99. The molecule has 18 heavy (non-hydrogen) atoms. The van der Waals surface area contributed by atoms with Crippen LogP contribution in [0, 0.1) is 13.8 Å². The van der Waals surface area contributed by atoms with Gasteiger partial charge in [0, 0.05) is 12.2 Å². The molecule has 3 rings (SSSR count). The summed E-state index contributed by atoms with van der Waals surface area (Å²) in [4.78, 5) is 16.7. The molecule has 1 saturated carbocycles. The standard InChI is InChI=1S/C14H17N3O/c1-9-6-7-17-12(8-9)15-10(2)13(17)14(18)16-11-4-3-5-11/h6-8,11H,3-5H2,1-2H3,(H,16,18). The lowest BCUT2D eigenvalue weighted by molar-refractivity contribution is 0.0910. The average Bonchev–Trinajstić information content (AvgIpc) is 2.58. The molecule has 0 spiro atoms. The van der Waals surface area contributed by atoms with Gasteiger partial charge in [0.05, 0.1) is 5.69 Å². The maximum atomic E-state index is 12.3. The second kappa shape index (κ2) is 4.12. The number of pyridine rings is 1. The van der Waals surface area contributed by atoms with Crippen molar-refractivity contribution in [2.24, 2.45) is 0 Å². The molecular formula is C14H17N3O. The number of amides is 1. The molecule has 1 N–H and O–H groups in total. The van der Waals surface area contributed by atoms with Crippen molar-refractivity contribution in [3.05, 3.63) is 35.3 Å². The number of carbonyl (C=O) groups is 1. The first-order valence-corrected chi connectivity index (χ1v) is 6.41. The van der Waals surface area contributed by atoms with Crippen LogP contribution in [0.15, 0.2) is 18.3 Å². The van der Waals surface area contributed by atoms with Gasteiger partial charge in [0.25, 0.3) is 5.91 Å². The normalized spacial score (nSPS) is 15.7. The van der Waals surface area contributed by atoms with Crippen LogP contribution in [0.3, 0.4) is 0 Å². The fraction of sp³-hybridized carbons (Fsp3) is 0.429. The van der Waals surface area contributed by atoms with Gasteiger partial charge in [-0.3, -0.25) is 9.20 Å². The Bertz CT molecular complexity index is 611. The fourth-order valence-electron chi connectivity index (χ4n) is 2.34. The predicted molar refractivity (Wildman–Crippen MR) is 69.8 cm³/mol. The molecule has 0 aromatic carbocycles. The number of aromatic nitrogens is 2. The molecule has 0 atom stereocenters. The van der Waals surface area contributed by atoms with Crippen molar-refractivity contribution in [1.29, 1.82) is 0 Å². The molecule has 0 aliphatic heterocycles. The van der Waals surface area contributed by atoms with Gasteiger partial charge in [-0.15, -0.1) is 0 Å².